The van der Waals surface area contributed by atoms with E-state index >= 15 is 0 Å². The zero-order valence-electron chi connectivity index (χ0n) is 11.2. The van der Waals surface area contributed by atoms with Gasteiger partial charge in [0.15, 0.2) is 5.75 Å². The highest BCUT2D eigenvalue weighted by Gasteiger charge is 2.19. The fourth-order valence-corrected chi connectivity index (χ4v) is 2.38. The van der Waals surface area contributed by atoms with Crippen molar-refractivity contribution in [3.8, 4) is 28.6 Å². The van der Waals surface area contributed by atoms with Crippen LogP contribution < -0.4 is 10.1 Å². The van der Waals surface area contributed by atoms with E-state index in [1.54, 1.807) is 0 Å². The maximum absolute atomic E-state index is 5.73. The predicted molar refractivity (Wildman–Crippen MR) is 79.2 cm³/mol. The molecule has 0 bridgehead atoms. The van der Waals surface area contributed by atoms with Crippen LogP contribution in [0.4, 0.5) is 5.69 Å². The normalized spacial score (nSPS) is 13.1. The highest BCUT2D eigenvalue weighted by atomic mass is 16.5. The van der Waals surface area contributed by atoms with Crippen molar-refractivity contribution in [2.45, 2.75) is 0 Å². The summed E-state index contributed by atoms with van der Waals surface area (Å²) < 4.78 is 11.1. The van der Waals surface area contributed by atoms with Crippen LogP contribution in [-0.4, -0.2) is 23.3 Å². The minimum atomic E-state index is 0.467. The fraction of sp³-hybridized carbons (Fsp3) is 0.125. The third-order valence-corrected chi connectivity index (χ3v) is 3.37. The lowest BCUT2D eigenvalue weighted by Crippen LogP contribution is -2.18. The van der Waals surface area contributed by atoms with Crippen molar-refractivity contribution in [2.75, 3.05) is 18.5 Å². The van der Waals surface area contributed by atoms with Gasteiger partial charge in [-0.15, -0.1) is 0 Å². The highest BCUT2D eigenvalue weighted by molar-refractivity contribution is 5.75. The molecule has 0 saturated heterocycles. The van der Waals surface area contributed by atoms with Crippen molar-refractivity contribution in [3.05, 3.63) is 48.5 Å². The second-order valence-corrected chi connectivity index (χ2v) is 4.75. The number of para-hydroxylation sites is 1. The first-order chi connectivity index (χ1) is 10.4. The van der Waals surface area contributed by atoms with Crippen LogP contribution >= 0.6 is 0 Å². The number of ether oxygens (including phenoxy) is 1. The third-order valence-electron chi connectivity index (χ3n) is 3.37. The number of benzene rings is 2. The molecule has 1 aliphatic heterocycles. The fourth-order valence-electron chi connectivity index (χ4n) is 2.38. The zero-order chi connectivity index (χ0) is 14.1. The van der Waals surface area contributed by atoms with E-state index in [9.17, 15) is 0 Å². The number of nitrogens with zero attached hydrogens (tertiary/aromatic N) is 2. The van der Waals surface area contributed by atoms with Crippen LogP contribution in [-0.2, 0) is 0 Å². The molecule has 0 amide bonds. The summed E-state index contributed by atoms with van der Waals surface area (Å²) in [6, 6.07) is 15.6. The Kier molecular flexibility index (Phi) is 2.81. The summed E-state index contributed by atoms with van der Waals surface area (Å²) in [4.78, 5) is 4.47. The first-order valence-corrected chi connectivity index (χ1v) is 6.81. The molecular formula is C16H13N3O2. The first-order valence-electron chi connectivity index (χ1n) is 6.81. The molecule has 1 aliphatic rings. The number of nitrogens with one attached hydrogen (secondary N) is 1. The van der Waals surface area contributed by atoms with Crippen molar-refractivity contribution in [1.82, 2.24) is 10.1 Å². The Morgan fingerprint density at radius 2 is 1.90 bits per heavy atom. The van der Waals surface area contributed by atoms with Crippen molar-refractivity contribution in [1.29, 1.82) is 0 Å². The molecule has 0 unspecified atom stereocenters. The predicted octanol–water partition coefficient (Wildman–Crippen LogP) is 3.21. The van der Waals surface area contributed by atoms with E-state index in [1.165, 1.54) is 0 Å². The Hall–Kier alpha value is -2.82. The minimum absolute atomic E-state index is 0.467. The van der Waals surface area contributed by atoms with Gasteiger partial charge in [0.2, 0.25) is 5.82 Å². The van der Waals surface area contributed by atoms with Crippen molar-refractivity contribution < 1.29 is 9.26 Å². The summed E-state index contributed by atoms with van der Waals surface area (Å²) in [6.45, 7) is 1.43. The van der Waals surface area contributed by atoms with Crippen LogP contribution in [0.5, 0.6) is 5.75 Å². The standard InChI is InChI=1S/C16H13N3O2/c1-2-5-11(6-3-1)15-18-16(21-19-15)12-7-4-8-13-14(12)20-10-9-17-13/h1-8,17H,9-10H2. The molecule has 0 spiro atoms. The van der Waals surface area contributed by atoms with Crippen LogP contribution in [0, 0.1) is 0 Å². The molecule has 1 aromatic heterocycles. The van der Waals surface area contributed by atoms with E-state index in [2.05, 4.69) is 15.5 Å². The van der Waals surface area contributed by atoms with E-state index in [-0.39, 0.29) is 0 Å². The summed E-state index contributed by atoms with van der Waals surface area (Å²) in [5.41, 5.74) is 2.70. The molecular weight excluding hydrogens is 266 g/mol. The largest absolute Gasteiger partial charge is 0.489 e. The van der Waals surface area contributed by atoms with Gasteiger partial charge in [-0.25, -0.2) is 0 Å². The molecule has 2 aromatic carbocycles. The van der Waals surface area contributed by atoms with E-state index in [0.29, 0.717) is 18.3 Å². The lowest BCUT2D eigenvalue weighted by molar-refractivity contribution is 0.322. The quantitative estimate of drug-likeness (QED) is 0.780. The van der Waals surface area contributed by atoms with Gasteiger partial charge in [0.1, 0.15) is 6.61 Å². The molecule has 1 N–H and O–H groups in total. The van der Waals surface area contributed by atoms with E-state index in [4.69, 9.17) is 9.26 Å². The Morgan fingerprint density at radius 3 is 2.81 bits per heavy atom. The van der Waals surface area contributed by atoms with Crippen LogP contribution in [0.15, 0.2) is 53.1 Å². The molecule has 21 heavy (non-hydrogen) atoms. The van der Waals surface area contributed by atoms with E-state index in [1.807, 2.05) is 48.5 Å². The molecule has 0 aliphatic carbocycles. The topological polar surface area (TPSA) is 60.2 Å². The van der Waals surface area contributed by atoms with Crippen molar-refractivity contribution >= 4 is 5.69 Å². The maximum Gasteiger partial charge on any atom is 0.262 e. The number of rotatable bonds is 2. The number of fused-ring (bicyclic) bond motifs is 1. The molecule has 5 nitrogen and oxygen atoms in total. The van der Waals surface area contributed by atoms with Crippen LogP contribution in [0.1, 0.15) is 0 Å². The van der Waals surface area contributed by atoms with E-state index < -0.39 is 0 Å². The number of anilines is 1. The smallest absolute Gasteiger partial charge is 0.262 e. The van der Waals surface area contributed by atoms with Gasteiger partial charge in [0, 0.05) is 12.1 Å². The monoisotopic (exact) mass is 279 g/mol. The lowest BCUT2D eigenvalue weighted by Gasteiger charge is -2.20. The lowest BCUT2D eigenvalue weighted by atomic mass is 10.1. The zero-order valence-corrected chi connectivity index (χ0v) is 11.2. The Balaban J connectivity index is 1.77. The molecule has 2 heterocycles. The minimum Gasteiger partial charge on any atom is -0.489 e. The molecule has 0 saturated carbocycles. The highest BCUT2D eigenvalue weighted by Crippen LogP contribution is 2.37. The second kappa shape index (κ2) is 4.94. The Morgan fingerprint density at radius 1 is 1.00 bits per heavy atom. The van der Waals surface area contributed by atoms with Crippen molar-refractivity contribution in [2.24, 2.45) is 0 Å². The Labute approximate surface area is 121 Å². The van der Waals surface area contributed by atoms with Gasteiger partial charge in [-0.3, -0.25) is 0 Å². The average molecular weight is 279 g/mol. The van der Waals surface area contributed by atoms with E-state index in [0.717, 1.165) is 29.1 Å². The van der Waals surface area contributed by atoms with Gasteiger partial charge in [-0.2, -0.15) is 4.98 Å². The number of hydrogen-bond donors (Lipinski definition) is 1. The van der Waals surface area contributed by atoms with Gasteiger partial charge in [-0.05, 0) is 12.1 Å². The molecule has 0 fully saturated rings. The molecule has 0 atom stereocenters. The van der Waals surface area contributed by atoms with Gasteiger partial charge in [0.05, 0.1) is 11.3 Å². The molecule has 0 radical (unpaired) electrons. The summed E-state index contributed by atoms with van der Waals surface area (Å²) in [5, 5.41) is 7.35. The maximum atomic E-state index is 5.73. The van der Waals surface area contributed by atoms with Gasteiger partial charge >= 0.3 is 0 Å². The van der Waals surface area contributed by atoms with Crippen LogP contribution in [0.25, 0.3) is 22.8 Å². The summed E-state index contributed by atoms with van der Waals surface area (Å²) in [7, 11) is 0. The van der Waals surface area contributed by atoms with Crippen LogP contribution in [0.3, 0.4) is 0 Å². The molecule has 3 aromatic rings. The van der Waals surface area contributed by atoms with Crippen molar-refractivity contribution in [3.63, 3.8) is 0 Å². The number of aromatic nitrogens is 2. The molecule has 104 valence electrons. The summed E-state index contributed by atoms with van der Waals surface area (Å²) in [6.07, 6.45) is 0. The van der Waals surface area contributed by atoms with Crippen LogP contribution in [0.2, 0.25) is 0 Å². The van der Waals surface area contributed by atoms with Gasteiger partial charge < -0.3 is 14.6 Å². The first kappa shape index (κ1) is 12.0. The van der Waals surface area contributed by atoms with Gasteiger partial charge in [0.25, 0.3) is 5.89 Å². The summed E-state index contributed by atoms with van der Waals surface area (Å²) in [5.74, 6) is 1.81. The SMILES string of the molecule is c1ccc(-c2noc(-c3cccc4c3OCCN4)n2)cc1. The average Bonchev–Trinajstić information content (AvgIpc) is 3.05. The van der Waals surface area contributed by atoms with Gasteiger partial charge in [-0.1, -0.05) is 41.6 Å². The Bertz CT molecular complexity index is 768. The second-order valence-electron chi connectivity index (χ2n) is 4.75. The molecule has 4 rings (SSSR count). The summed E-state index contributed by atoms with van der Waals surface area (Å²) >= 11 is 0. The molecule has 5 heteroatoms. The number of hydrogen-bond acceptors (Lipinski definition) is 5. The third kappa shape index (κ3) is 2.12.